The maximum absolute atomic E-state index is 13.5. The summed E-state index contributed by atoms with van der Waals surface area (Å²) in [6, 6.07) is 12.6. The van der Waals surface area contributed by atoms with E-state index in [4.69, 9.17) is 4.74 Å². The second-order valence-corrected chi connectivity index (χ2v) is 9.10. The predicted molar refractivity (Wildman–Crippen MR) is 132 cm³/mol. The first-order valence-corrected chi connectivity index (χ1v) is 12.0. The van der Waals surface area contributed by atoms with Gasteiger partial charge in [-0.1, -0.05) is 29.3 Å². The summed E-state index contributed by atoms with van der Waals surface area (Å²) in [5.41, 5.74) is 3.22. The molecular formula is C28H30N2O5. The Morgan fingerprint density at radius 1 is 1.03 bits per heavy atom. The molecule has 35 heavy (non-hydrogen) atoms. The average molecular weight is 475 g/mol. The van der Waals surface area contributed by atoms with E-state index in [0.717, 1.165) is 29.7 Å². The zero-order chi connectivity index (χ0) is 24.9. The second-order valence-electron chi connectivity index (χ2n) is 9.10. The van der Waals surface area contributed by atoms with Crippen molar-refractivity contribution in [2.24, 2.45) is 0 Å². The largest absolute Gasteiger partial charge is 0.427 e. The SMILES string of the molecule is CC(=O)Oc1ccc(N2C(=O)CC(N(CCC3=CCCCC3)C(=O)c3ccc(C)cc3)C2=O)cc1. The minimum atomic E-state index is -0.867. The maximum Gasteiger partial charge on any atom is 0.308 e. The number of carbonyl (C=O) groups excluding carboxylic acids is 4. The van der Waals surface area contributed by atoms with Crippen molar-refractivity contribution in [2.75, 3.05) is 11.4 Å². The van der Waals surface area contributed by atoms with E-state index >= 15 is 0 Å². The first-order valence-electron chi connectivity index (χ1n) is 12.0. The highest BCUT2D eigenvalue weighted by Crippen LogP contribution is 2.29. The molecule has 0 bridgehead atoms. The minimum Gasteiger partial charge on any atom is -0.427 e. The van der Waals surface area contributed by atoms with E-state index in [1.807, 2.05) is 19.1 Å². The van der Waals surface area contributed by atoms with Crippen LogP contribution in [0.3, 0.4) is 0 Å². The minimum absolute atomic E-state index is 0.0683. The molecule has 1 aliphatic heterocycles. The summed E-state index contributed by atoms with van der Waals surface area (Å²) in [5.74, 6) is -1.16. The fourth-order valence-corrected chi connectivity index (χ4v) is 4.62. The standard InChI is InChI=1S/C28H30N2O5/c1-19-8-10-22(11-9-19)27(33)29(17-16-21-6-4-3-5-7-21)25-18-26(32)30(28(25)34)23-12-14-24(15-13-23)35-20(2)31/h6,8-15,25H,3-5,7,16-18H2,1-2H3. The first-order chi connectivity index (χ1) is 16.8. The Labute approximate surface area is 205 Å². The molecule has 0 N–H and O–H groups in total. The topological polar surface area (TPSA) is 84.0 Å². The summed E-state index contributed by atoms with van der Waals surface area (Å²) in [6.07, 6.45) is 7.21. The summed E-state index contributed by atoms with van der Waals surface area (Å²) >= 11 is 0. The van der Waals surface area contributed by atoms with E-state index in [9.17, 15) is 19.2 Å². The smallest absolute Gasteiger partial charge is 0.308 e. The maximum atomic E-state index is 13.5. The van der Waals surface area contributed by atoms with E-state index in [0.29, 0.717) is 30.0 Å². The molecule has 182 valence electrons. The number of amides is 3. The number of hydrogen-bond acceptors (Lipinski definition) is 5. The first kappa shape index (κ1) is 24.4. The molecule has 0 aromatic heterocycles. The highest BCUT2D eigenvalue weighted by atomic mass is 16.5. The van der Waals surface area contributed by atoms with Crippen molar-refractivity contribution in [3.8, 4) is 5.75 Å². The third-order valence-electron chi connectivity index (χ3n) is 6.47. The van der Waals surface area contributed by atoms with Gasteiger partial charge in [0, 0.05) is 19.0 Å². The van der Waals surface area contributed by atoms with Gasteiger partial charge in [-0.15, -0.1) is 0 Å². The number of anilines is 1. The Morgan fingerprint density at radius 3 is 2.37 bits per heavy atom. The number of imide groups is 1. The molecule has 7 heteroatoms. The number of hydrogen-bond donors (Lipinski definition) is 0. The van der Waals surface area contributed by atoms with Gasteiger partial charge in [0.2, 0.25) is 5.91 Å². The lowest BCUT2D eigenvalue weighted by Crippen LogP contribution is -2.46. The van der Waals surface area contributed by atoms with Crippen LogP contribution in [0.1, 0.15) is 61.4 Å². The number of rotatable bonds is 7. The van der Waals surface area contributed by atoms with Crippen molar-refractivity contribution in [3.05, 3.63) is 71.3 Å². The van der Waals surface area contributed by atoms with Crippen LogP contribution in [-0.4, -0.2) is 41.2 Å². The molecule has 4 rings (SSSR count). The van der Waals surface area contributed by atoms with Crippen molar-refractivity contribution in [1.29, 1.82) is 0 Å². The van der Waals surface area contributed by atoms with Crippen molar-refractivity contribution >= 4 is 29.4 Å². The average Bonchev–Trinajstić information content (AvgIpc) is 3.14. The van der Waals surface area contributed by atoms with Gasteiger partial charge in [-0.05, 0) is 75.4 Å². The van der Waals surface area contributed by atoms with Gasteiger partial charge in [-0.2, -0.15) is 0 Å². The number of allylic oxidation sites excluding steroid dienone is 1. The number of carbonyl (C=O) groups is 4. The molecule has 2 aromatic rings. The lowest BCUT2D eigenvalue weighted by atomic mass is 9.96. The van der Waals surface area contributed by atoms with E-state index in [-0.39, 0.29) is 18.2 Å². The summed E-state index contributed by atoms with van der Waals surface area (Å²) in [5, 5.41) is 0. The second kappa shape index (κ2) is 10.7. The van der Waals surface area contributed by atoms with Crippen LogP contribution in [0.4, 0.5) is 5.69 Å². The zero-order valence-corrected chi connectivity index (χ0v) is 20.2. The van der Waals surface area contributed by atoms with Gasteiger partial charge in [0.15, 0.2) is 0 Å². The van der Waals surface area contributed by atoms with Crippen LogP contribution >= 0.6 is 0 Å². The van der Waals surface area contributed by atoms with Gasteiger partial charge >= 0.3 is 5.97 Å². The van der Waals surface area contributed by atoms with Crippen LogP contribution < -0.4 is 9.64 Å². The van der Waals surface area contributed by atoms with Gasteiger partial charge in [0.1, 0.15) is 11.8 Å². The number of esters is 1. The van der Waals surface area contributed by atoms with Gasteiger partial charge in [-0.25, -0.2) is 4.90 Å². The third kappa shape index (κ3) is 5.67. The van der Waals surface area contributed by atoms with Crippen LogP contribution in [-0.2, 0) is 14.4 Å². The van der Waals surface area contributed by atoms with Crippen molar-refractivity contribution < 1.29 is 23.9 Å². The van der Waals surface area contributed by atoms with Crippen molar-refractivity contribution in [1.82, 2.24) is 4.90 Å². The van der Waals surface area contributed by atoms with Gasteiger partial charge in [0.25, 0.3) is 11.8 Å². The molecule has 0 saturated carbocycles. The van der Waals surface area contributed by atoms with Crippen LogP contribution in [0.5, 0.6) is 5.75 Å². The molecule has 1 saturated heterocycles. The van der Waals surface area contributed by atoms with E-state index in [1.165, 1.54) is 31.1 Å². The molecule has 1 fully saturated rings. The Morgan fingerprint density at radius 2 is 1.74 bits per heavy atom. The molecule has 7 nitrogen and oxygen atoms in total. The number of benzene rings is 2. The van der Waals surface area contributed by atoms with E-state index in [2.05, 4.69) is 6.08 Å². The Hall–Kier alpha value is -3.74. The number of aryl methyl sites for hydroxylation is 1. The van der Waals surface area contributed by atoms with E-state index < -0.39 is 17.9 Å². The van der Waals surface area contributed by atoms with Crippen molar-refractivity contribution in [2.45, 2.75) is 58.4 Å². The quantitative estimate of drug-likeness (QED) is 0.254. The molecule has 1 heterocycles. The third-order valence-corrected chi connectivity index (χ3v) is 6.47. The molecule has 1 unspecified atom stereocenters. The van der Waals surface area contributed by atoms with Crippen LogP contribution in [0.25, 0.3) is 0 Å². The number of nitrogens with zero attached hydrogens (tertiary/aromatic N) is 2. The molecule has 0 radical (unpaired) electrons. The fraction of sp³-hybridized carbons (Fsp3) is 0.357. The highest BCUT2D eigenvalue weighted by molar-refractivity contribution is 6.23. The number of ether oxygens (including phenoxy) is 1. The predicted octanol–water partition coefficient (Wildman–Crippen LogP) is 4.59. The lowest BCUT2D eigenvalue weighted by Gasteiger charge is -2.28. The lowest BCUT2D eigenvalue weighted by molar-refractivity contribution is -0.132. The summed E-state index contributed by atoms with van der Waals surface area (Å²) < 4.78 is 5.04. The van der Waals surface area contributed by atoms with Gasteiger partial charge in [-0.3, -0.25) is 19.2 Å². The summed E-state index contributed by atoms with van der Waals surface area (Å²) in [4.78, 5) is 53.8. The Balaban J connectivity index is 1.58. The van der Waals surface area contributed by atoms with Crippen LogP contribution in [0.15, 0.2) is 60.2 Å². The molecular weight excluding hydrogens is 444 g/mol. The fourth-order valence-electron chi connectivity index (χ4n) is 4.62. The molecule has 3 amide bonds. The van der Waals surface area contributed by atoms with Gasteiger partial charge in [0.05, 0.1) is 12.1 Å². The highest BCUT2D eigenvalue weighted by Gasteiger charge is 2.44. The van der Waals surface area contributed by atoms with E-state index in [1.54, 1.807) is 29.2 Å². The van der Waals surface area contributed by atoms with Crippen LogP contribution in [0.2, 0.25) is 0 Å². The molecule has 2 aromatic carbocycles. The molecule has 1 aliphatic carbocycles. The van der Waals surface area contributed by atoms with Gasteiger partial charge < -0.3 is 9.64 Å². The summed E-state index contributed by atoms with van der Waals surface area (Å²) in [7, 11) is 0. The molecule has 0 spiro atoms. The zero-order valence-electron chi connectivity index (χ0n) is 20.2. The van der Waals surface area contributed by atoms with Crippen molar-refractivity contribution in [3.63, 3.8) is 0 Å². The monoisotopic (exact) mass is 474 g/mol. The normalized spacial score (nSPS) is 17.8. The molecule has 2 aliphatic rings. The van der Waals surface area contributed by atoms with Crippen LogP contribution in [0, 0.1) is 6.92 Å². The summed E-state index contributed by atoms with van der Waals surface area (Å²) in [6.45, 7) is 3.63. The molecule has 1 atom stereocenters. The Kier molecular flexibility index (Phi) is 7.44. The Bertz CT molecular complexity index is 1150.